The van der Waals surface area contributed by atoms with E-state index in [0.717, 1.165) is 12.0 Å². The molecule has 0 aromatic rings. The highest BCUT2D eigenvalue weighted by Crippen LogP contribution is 2.24. The first-order valence-corrected chi connectivity index (χ1v) is 4.46. The van der Waals surface area contributed by atoms with E-state index in [0.29, 0.717) is 6.04 Å². The van der Waals surface area contributed by atoms with Crippen LogP contribution in [0.2, 0.25) is 0 Å². The monoisotopic (exact) mass is 141 g/mol. The van der Waals surface area contributed by atoms with Crippen LogP contribution in [0.5, 0.6) is 0 Å². The van der Waals surface area contributed by atoms with Crippen LogP contribution in [0.15, 0.2) is 0 Å². The first kappa shape index (κ1) is 8.06. The summed E-state index contributed by atoms with van der Waals surface area (Å²) >= 11 is 0. The minimum absolute atomic E-state index is 0.658. The van der Waals surface area contributed by atoms with Crippen molar-refractivity contribution in [3.63, 3.8) is 0 Å². The van der Waals surface area contributed by atoms with Gasteiger partial charge in [0.1, 0.15) is 0 Å². The third kappa shape index (κ3) is 1.98. The Morgan fingerprint density at radius 3 is 2.40 bits per heavy atom. The molecule has 0 bridgehead atoms. The molecule has 0 heterocycles. The molecule has 60 valence electrons. The third-order valence-electron chi connectivity index (χ3n) is 2.41. The summed E-state index contributed by atoms with van der Waals surface area (Å²) in [6, 6.07) is 1.46. The van der Waals surface area contributed by atoms with Crippen LogP contribution in [-0.4, -0.2) is 12.1 Å². The van der Waals surface area contributed by atoms with Crippen molar-refractivity contribution in [1.29, 1.82) is 0 Å². The number of hydrogen-bond acceptors (Lipinski definition) is 1. The van der Waals surface area contributed by atoms with Crippen LogP contribution in [-0.2, 0) is 0 Å². The van der Waals surface area contributed by atoms with E-state index in [1.807, 2.05) is 0 Å². The van der Waals surface area contributed by atoms with Crippen LogP contribution in [0.25, 0.3) is 0 Å². The van der Waals surface area contributed by atoms with Crippen molar-refractivity contribution in [2.75, 3.05) is 0 Å². The molecule has 0 amide bonds. The predicted molar refractivity (Wildman–Crippen MR) is 45.1 cm³/mol. The molecule has 1 aliphatic rings. The number of nitrogens with one attached hydrogen (secondary N) is 1. The molecule has 1 saturated carbocycles. The highest BCUT2D eigenvalue weighted by molar-refractivity contribution is 4.80. The Kier molecular flexibility index (Phi) is 2.72. The number of hydrogen-bond donors (Lipinski definition) is 1. The molecule has 1 unspecified atom stereocenters. The molecule has 1 N–H and O–H groups in total. The average molecular weight is 141 g/mol. The lowest BCUT2D eigenvalue weighted by Crippen LogP contribution is -2.36. The molecule has 0 radical (unpaired) electrons. The summed E-state index contributed by atoms with van der Waals surface area (Å²) in [6.45, 7) is 6.81. The molecule has 0 saturated heterocycles. The zero-order valence-electron chi connectivity index (χ0n) is 7.35. The smallest absolute Gasteiger partial charge is 0.00950 e. The van der Waals surface area contributed by atoms with Crippen LogP contribution < -0.4 is 5.32 Å². The second kappa shape index (κ2) is 3.38. The molecule has 1 heteroatoms. The van der Waals surface area contributed by atoms with E-state index in [-0.39, 0.29) is 0 Å². The Labute approximate surface area is 64.2 Å². The quantitative estimate of drug-likeness (QED) is 0.621. The molecule has 1 fully saturated rings. The Morgan fingerprint density at radius 1 is 1.30 bits per heavy atom. The maximum Gasteiger partial charge on any atom is 0.00950 e. The van der Waals surface area contributed by atoms with E-state index in [9.17, 15) is 0 Å². The number of rotatable bonds is 2. The molecule has 0 aromatic heterocycles. The van der Waals surface area contributed by atoms with Crippen LogP contribution in [0.4, 0.5) is 0 Å². The molecule has 1 rings (SSSR count). The van der Waals surface area contributed by atoms with Crippen molar-refractivity contribution < 1.29 is 0 Å². The first-order valence-electron chi connectivity index (χ1n) is 4.46. The Balaban J connectivity index is 2.26. The maximum absolute atomic E-state index is 3.59. The van der Waals surface area contributed by atoms with Crippen LogP contribution >= 0.6 is 0 Å². The lowest BCUT2D eigenvalue weighted by atomic mass is 10.1. The van der Waals surface area contributed by atoms with Gasteiger partial charge in [-0.25, -0.2) is 0 Å². The SMILES string of the molecule is CC(C)N[C@@H]1CCCC1C. The molecule has 0 aromatic carbocycles. The summed E-state index contributed by atoms with van der Waals surface area (Å²) in [6.07, 6.45) is 4.23. The standard InChI is InChI=1S/C9H19N/c1-7(2)10-9-6-4-5-8(9)3/h7-10H,4-6H2,1-3H3/t8?,9-/m1/s1. The topological polar surface area (TPSA) is 12.0 Å². The summed E-state index contributed by atoms with van der Waals surface area (Å²) in [4.78, 5) is 0. The van der Waals surface area contributed by atoms with Gasteiger partial charge in [-0.3, -0.25) is 0 Å². The van der Waals surface area contributed by atoms with Gasteiger partial charge in [0.25, 0.3) is 0 Å². The van der Waals surface area contributed by atoms with E-state index >= 15 is 0 Å². The summed E-state index contributed by atoms with van der Waals surface area (Å²) in [5.41, 5.74) is 0. The lowest BCUT2D eigenvalue weighted by molar-refractivity contribution is 0.395. The maximum atomic E-state index is 3.59. The molecule has 0 aliphatic heterocycles. The molecule has 1 nitrogen and oxygen atoms in total. The van der Waals surface area contributed by atoms with Crippen molar-refractivity contribution in [3.05, 3.63) is 0 Å². The van der Waals surface area contributed by atoms with Gasteiger partial charge in [0.05, 0.1) is 0 Å². The van der Waals surface area contributed by atoms with Crippen LogP contribution in [0.3, 0.4) is 0 Å². The molecule has 2 atom stereocenters. The van der Waals surface area contributed by atoms with Crippen molar-refractivity contribution in [1.82, 2.24) is 5.32 Å². The van der Waals surface area contributed by atoms with E-state index in [2.05, 4.69) is 26.1 Å². The second-order valence-corrected chi connectivity index (χ2v) is 3.84. The highest BCUT2D eigenvalue weighted by atomic mass is 14.9. The predicted octanol–water partition coefficient (Wildman–Crippen LogP) is 2.17. The van der Waals surface area contributed by atoms with E-state index < -0.39 is 0 Å². The van der Waals surface area contributed by atoms with Gasteiger partial charge < -0.3 is 5.32 Å². The van der Waals surface area contributed by atoms with Gasteiger partial charge in [-0.05, 0) is 18.8 Å². The summed E-state index contributed by atoms with van der Waals surface area (Å²) in [5.74, 6) is 0.905. The Hall–Kier alpha value is -0.0400. The van der Waals surface area contributed by atoms with Gasteiger partial charge in [0, 0.05) is 12.1 Å². The Morgan fingerprint density at radius 2 is 2.00 bits per heavy atom. The first-order chi connectivity index (χ1) is 4.70. The van der Waals surface area contributed by atoms with Gasteiger partial charge in [-0.15, -0.1) is 0 Å². The average Bonchev–Trinajstić information content (AvgIpc) is 2.15. The van der Waals surface area contributed by atoms with Gasteiger partial charge in [-0.1, -0.05) is 27.2 Å². The third-order valence-corrected chi connectivity index (χ3v) is 2.41. The van der Waals surface area contributed by atoms with Gasteiger partial charge in [-0.2, -0.15) is 0 Å². The minimum Gasteiger partial charge on any atom is -0.312 e. The second-order valence-electron chi connectivity index (χ2n) is 3.84. The highest BCUT2D eigenvalue weighted by Gasteiger charge is 2.22. The fourth-order valence-corrected chi connectivity index (χ4v) is 1.82. The fourth-order valence-electron chi connectivity index (χ4n) is 1.82. The van der Waals surface area contributed by atoms with Crippen molar-refractivity contribution in [3.8, 4) is 0 Å². The van der Waals surface area contributed by atoms with Gasteiger partial charge in [0.2, 0.25) is 0 Å². The molecule has 10 heavy (non-hydrogen) atoms. The van der Waals surface area contributed by atoms with Crippen molar-refractivity contribution in [2.24, 2.45) is 5.92 Å². The minimum atomic E-state index is 0.658. The summed E-state index contributed by atoms with van der Waals surface area (Å²) in [7, 11) is 0. The summed E-state index contributed by atoms with van der Waals surface area (Å²) in [5, 5.41) is 3.59. The zero-order chi connectivity index (χ0) is 7.56. The molecule has 1 aliphatic carbocycles. The van der Waals surface area contributed by atoms with Crippen LogP contribution in [0.1, 0.15) is 40.0 Å². The lowest BCUT2D eigenvalue weighted by Gasteiger charge is -2.19. The molecular weight excluding hydrogens is 122 g/mol. The molecular formula is C9H19N. The van der Waals surface area contributed by atoms with Crippen molar-refractivity contribution >= 4 is 0 Å². The van der Waals surface area contributed by atoms with E-state index in [1.165, 1.54) is 19.3 Å². The normalized spacial score (nSPS) is 33.6. The Bertz CT molecular complexity index is 98.9. The molecule has 0 spiro atoms. The fraction of sp³-hybridized carbons (Fsp3) is 1.00. The van der Waals surface area contributed by atoms with Crippen molar-refractivity contribution in [2.45, 2.75) is 52.1 Å². The largest absolute Gasteiger partial charge is 0.312 e. The zero-order valence-corrected chi connectivity index (χ0v) is 7.35. The van der Waals surface area contributed by atoms with Gasteiger partial charge in [0.15, 0.2) is 0 Å². The van der Waals surface area contributed by atoms with Gasteiger partial charge >= 0.3 is 0 Å². The van der Waals surface area contributed by atoms with E-state index in [4.69, 9.17) is 0 Å². The van der Waals surface area contributed by atoms with Crippen LogP contribution in [0, 0.1) is 5.92 Å². The summed E-state index contributed by atoms with van der Waals surface area (Å²) < 4.78 is 0. The van der Waals surface area contributed by atoms with E-state index in [1.54, 1.807) is 0 Å².